The SMILES string of the molecule is CCCN1C[C@H]2CN3CCCc4cccc(c43)[C@H]2C1.Cl.Cl. The van der Waals surface area contributed by atoms with Gasteiger partial charge in [0, 0.05) is 37.8 Å². The predicted octanol–water partition coefficient (Wildman–Crippen LogP) is 3.72. The van der Waals surface area contributed by atoms with Crippen LogP contribution in [0.3, 0.4) is 0 Å². The molecule has 1 aromatic rings. The van der Waals surface area contributed by atoms with E-state index >= 15 is 0 Å². The van der Waals surface area contributed by atoms with Crippen molar-refractivity contribution in [3.8, 4) is 0 Å². The van der Waals surface area contributed by atoms with E-state index in [1.54, 1.807) is 16.8 Å². The van der Waals surface area contributed by atoms with E-state index in [-0.39, 0.29) is 24.8 Å². The Morgan fingerprint density at radius 3 is 2.81 bits per heavy atom. The molecule has 0 bridgehead atoms. The fourth-order valence-corrected chi connectivity index (χ4v) is 4.53. The number of nitrogens with zero attached hydrogens (tertiary/aromatic N) is 2. The van der Waals surface area contributed by atoms with Crippen LogP contribution in [0.4, 0.5) is 5.69 Å². The molecule has 4 rings (SSSR count). The van der Waals surface area contributed by atoms with Gasteiger partial charge in [-0.05, 0) is 42.9 Å². The first-order valence-corrected chi connectivity index (χ1v) is 7.96. The topological polar surface area (TPSA) is 6.48 Å². The molecule has 0 spiro atoms. The summed E-state index contributed by atoms with van der Waals surface area (Å²) in [5, 5.41) is 0. The number of hydrogen-bond donors (Lipinski definition) is 0. The van der Waals surface area contributed by atoms with Crippen molar-refractivity contribution < 1.29 is 0 Å². The highest BCUT2D eigenvalue weighted by molar-refractivity contribution is 5.85. The maximum Gasteiger partial charge on any atom is 0.0434 e. The Morgan fingerprint density at radius 2 is 2.00 bits per heavy atom. The number of likely N-dealkylation sites (tertiary alicyclic amines) is 1. The summed E-state index contributed by atoms with van der Waals surface area (Å²) in [5.74, 6) is 1.67. The number of anilines is 1. The van der Waals surface area contributed by atoms with Crippen molar-refractivity contribution in [3.05, 3.63) is 29.3 Å². The van der Waals surface area contributed by atoms with Gasteiger partial charge in [-0.15, -0.1) is 24.8 Å². The summed E-state index contributed by atoms with van der Waals surface area (Å²) >= 11 is 0. The van der Waals surface area contributed by atoms with Crippen LogP contribution in [0, 0.1) is 5.92 Å². The summed E-state index contributed by atoms with van der Waals surface area (Å²) < 4.78 is 0. The van der Waals surface area contributed by atoms with E-state index in [9.17, 15) is 0 Å². The van der Waals surface area contributed by atoms with Gasteiger partial charge in [0.05, 0.1) is 0 Å². The lowest BCUT2D eigenvalue weighted by atomic mass is 9.80. The molecule has 4 heteroatoms. The fourth-order valence-electron chi connectivity index (χ4n) is 4.53. The summed E-state index contributed by atoms with van der Waals surface area (Å²) in [6, 6.07) is 7.05. The number of aryl methyl sites for hydroxylation is 1. The molecule has 2 nitrogen and oxygen atoms in total. The third-order valence-electron chi connectivity index (χ3n) is 5.25. The summed E-state index contributed by atoms with van der Waals surface area (Å²) in [6.07, 6.45) is 3.91. The molecule has 0 N–H and O–H groups in total. The average Bonchev–Trinajstić information content (AvgIpc) is 2.83. The minimum absolute atomic E-state index is 0. The van der Waals surface area contributed by atoms with Crippen LogP contribution in [0.2, 0.25) is 0 Å². The number of hydrogen-bond acceptors (Lipinski definition) is 2. The third kappa shape index (κ3) is 2.78. The lowest BCUT2D eigenvalue weighted by molar-refractivity contribution is 0.325. The first-order chi connectivity index (χ1) is 9.36. The van der Waals surface area contributed by atoms with Gasteiger partial charge in [0.1, 0.15) is 0 Å². The van der Waals surface area contributed by atoms with Gasteiger partial charge in [-0.3, -0.25) is 0 Å². The molecule has 21 heavy (non-hydrogen) atoms. The molecule has 2 atom stereocenters. The highest BCUT2D eigenvalue weighted by atomic mass is 35.5. The van der Waals surface area contributed by atoms with E-state index in [4.69, 9.17) is 0 Å². The van der Waals surface area contributed by atoms with Crippen LogP contribution in [0.1, 0.15) is 36.8 Å². The van der Waals surface area contributed by atoms with Gasteiger partial charge >= 0.3 is 0 Å². The summed E-state index contributed by atoms with van der Waals surface area (Å²) in [6.45, 7) is 8.77. The summed E-state index contributed by atoms with van der Waals surface area (Å²) in [4.78, 5) is 5.37. The number of fused-ring (bicyclic) bond motifs is 2. The molecular formula is C17H26Cl2N2. The summed E-state index contributed by atoms with van der Waals surface area (Å²) in [5.41, 5.74) is 4.89. The number of rotatable bonds is 2. The largest absolute Gasteiger partial charge is 0.371 e. The predicted molar refractivity (Wildman–Crippen MR) is 94.4 cm³/mol. The van der Waals surface area contributed by atoms with Crippen LogP contribution < -0.4 is 4.90 Å². The van der Waals surface area contributed by atoms with Crippen molar-refractivity contribution in [2.75, 3.05) is 37.6 Å². The third-order valence-corrected chi connectivity index (χ3v) is 5.25. The van der Waals surface area contributed by atoms with Crippen molar-refractivity contribution in [3.63, 3.8) is 0 Å². The fraction of sp³-hybridized carbons (Fsp3) is 0.647. The van der Waals surface area contributed by atoms with Gasteiger partial charge in [-0.1, -0.05) is 25.1 Å². The smallest absolute Gasteiger partial charge is 0.0434 e. The van der Waals surface area contributed by atoms with E-state index in [1.807, 2.05) is 0 Å². The number of para-hydroxylation sites is 1. The lowest BCUT2D eigenvalue weighted by Crippen LogP contribution is -2.40. The van der Waals surface area contributed by atoms with Gasteiger partial charge < -0.3 is 9.80 Å². The van der Waals surface area contributed by atoms with Gasteiger partial charge in [0.15, 0.2) is 0 Å². The molecular weight excluding hydrogens is 303 g/mol. The van der Waals surface area contributed by atoms with Crippen LogP contribution in [0.15, 0.2) is 18.2 Å². The molecule has 0 unspecified atom stereocenters. The Bertz CT molecular complexity index is 492. The second-order valence-electron chi connectivity index (χ2n) is 6.53. The number of halogens is 2. The molecule has 0 aliphatic carbocycles. The first-order valence-electron chi connectivity index (χ1n) is 7.96. The van der Waals surface area contributed by atoms with Crippen molar-refractivity contribution in [1.29, 1.82) is 0 Å². The minimum Gasteiger partial charge on any atom is -0.371 e. The van der Waals surface area contributed by atoms with Crippen molar-refractivity contribution in [1.82, 2.24) is 4.90 Å². The van der Waals surface area contributed by atoms with E-state index in [2.05, 4.69) is 34.9 Å². The van der Waals surface area contributed by atoms with Crippen molar-refractivity contribution in [2.45, 2.75) is 32.1 Å². The van der Waals surface area contributed by atoms with Gasteiger partial charge in [-0.2, -0.15) is 0 Å². The van der Waals surface area contributed by atoms with Gasteiger partial charge in [0.2, 0.25) is 0 Å². The molecule has 0 amide bonds. The maximum absolute atomic E-state index is 2.69. The van der Waals surface area contributed by atoms with E-state index < -0.39 is 0 Å². The second-order valence-corrected chi connectivity index (χ2v) is 6.53. The highest BCUT2D eigenvalue weighted by Crippen LogP contribution is 2.45. The quantitative estimate of drug-likeness (QED) is 0.816. The van der Waals surface area contributed by atoms with Crippen LogP contribution in [0.5, 0.6) is 0 Å². The van der Waals surface area contributed by atoms with Crippen LogP contribution >= 0.6 is 24.8 Å². The molecule has 3 heterocycles. The van der Waals surface area contributed by atoms with Crippen molar-refractivity contribution >= 4 is 30.5 Å². The zero-order valence-corrected chi connectivity index (χ0v) is 14.4. The molecule has 3 aliphatic heterocycles. The number of benzene rings is 1. The highest BCUT2D eigenvalue weighted by Gasteiger charge is 2.41. The zero-order valence-electron chi connectivity index (χ0n) is 12.8. The Labute approximate surface area is 140 Å². The Morgan fingerprint density at radius 1 is 1.14 bits per heavy atom. The van der Waals surface area contributed by atoms with E-state index in [1.165, 1.54) is 52.0 Å². The molecule has 0 aromatic heterocycles. The molecule has 0 saturated carbocycles. The first kappa shape index (κ1) is 16.9. The minimum atomic E-state index is 0. The van der Waals surface area contributed by atoms with Crippen LogP contribution in [0.25, 0.3) is 0 Å². The zero-order chi connectivity index (χ0) is 12.8. The molecule has 3 aliphatic rings. The molecule has 1 fully saturated rings. The van der Waals surface area contributed by atoms with E-state index in [0.717, 1.165) is 11.8 Å². The van der Waals surface area contributed by atoms with Crippen LogP contribution in [-0.2, 0) is 6.42 Å². The second kappa shape index (κ2) is 6.76. The van der Waals surface area contributed by atoms with E-state index in [0.29, 0.717) is 0 Å². The van der Waals surface area contributed by atoms with Crippen molar-refractivity contribution in [2.24, 2.45) is 5.92 Å². The molecule has 0 radical (unpaired) electrons. The molecule has 1 aromatic carbocycles. The molecule has 118 valence electrons. The maximum atomic E-state index is 2.69. The standard InChI is InChI=1S/C17H24N2.2ClH/c1-2-8-18-10-14-11-19-9-4-6-13-5-3-7-15(17(13)19)16(14)12-18;;/h3,5,7,14,16H,2,4,6,8-12H2,1H3;2*1H/t14-,16-;;/m0../s1. The lowest BCUT2D eigenvalue weighted by Gasteiger charge is -2.41. The van der Waals surface area contributed by atoms with Gasteiger partial charge in [-0.25, -0.2) is 0 Å². The average molecular weight is 329 g/mol. The van der Waals surface area contributed by atoms with Gasteiger partial charge in [0.25, 0.3) is 0 Å². The Hall–Kier alpha value is -0.440. The normalized spacial score (nSPS) is 26.4. The summed E-state index contributed by atoms with van der Waals surface area (Å²) in [7, 11) is 0. The molecule has 1 saturated heterocycles. The van der Waals surface area contributed by atoms with Crippen LogP contribution in [-0.4, -0.2) is 37.6 Å². The Balaban J connectivity index is 0.000000807. The Kier molecular flexibility index (Phi) is 5.45. The monoisotopic (exact) mass is 328 g/mol.